The van der Waals surface area contributed by atoms with Gasteiger partial charge in [0.15, 0.2) is 0 Å². The maximum atomic E-state index is 11.8. The van der Waals surface area contributed by atoms with Crippen LogP contribution in [0.4, 0.5) is 5.69 Å². The minimum atomic E-state index is -0.457. The summed E-state index contributed by atoms with van der Waals surface area (Å²) in [5.74, 6) is -0.148. The molecule has 1 amide bonds. The summed E-state index contributed by atoms with van der Waals surface area (Å²) >= 11 is 0. The standard InChI is InChI=1S/C14H18N4O/c1-2-4-13(15)14(19)17-11-5-3-6-12(9-11)18-8-7-16-10-18/h3,5-10,13H,2,4,15H2,1H3,(H,17,19)/t13-/m0/s1. The third-order valence-electron chi connectivity index (χ3n) is 2.85. The Morgan fingerprint density at radius 1 is 1.53 bits per heavy atom. The van der Waals surface area contributed by atoms with E-state index in [0.717, 1.165) is 17.8 Å². The number of imidazole rings is 1. The Labute approximate surface area is 112 Å². The average Bonchev–Trinajstić information content (AvgIpc) is 2.93. The van der Waals surface area contributed by atoms with Gasteiger partial charge in [0.1, 0.15) is 0 Å². The lowest BCUT2D eigenvalue weighted by Gasteiger charge is -2.12. The molecular formula is C14H18N4O. The summed E-state index contributed by atoms with van der Waals surface area (Å²) in [7, 11) is 0. The van der Waals surface area contributed by atoms with Crippen LogP contribution in [0.5, 0.6) is 0 Å². The van der Waals surface area contributed by atoms with Crippen LogP contribution >= 0.6 is 0 Å². The number of nitrogens with zero attached hydrogens (tertiary/aromatic N) is 2. The van der Waals surface area contributed by atoms with Gasteiger partial charge in [-0.1, -0.05) is 19.4 Å². The third kappa shape index (κ3) is 3.42. The van der Waals surface area contributed by atoms with E-state index in [2.05, 4.69) is 10.3 Å². The van der Waals surface area contributed by atoms with Gasteiger partial charge in [-0.05, 0) is 24.6 Å². The molecule has 1 aromatic carbocycles. The molecule has 5 nitrogen and oxygen atoms in total. The van der Waals surface area contributed by atoms with E-state index < -0.39 is 6.04 Å². The normalized spacial score (nSPS) is 12.1. The van der Waals surface area contributed by atoms with Crippen molar-refractivity contribution in [3.63, 3.8) is 0 Å². The number of amides is 1. The zero-order valence-electron chi connectivity index (χ0n) is 10.9. The van der Waals surface area contributed by atoms with Crippen molar-refractivity contribution in [1.29, 1.82) is 0 Å². The summed E-state index contributed by atoms with van der Waals surface area (Å²) in [4.78, 5) is 15.8. The minimum absolute atomic E-state index is 0.148. The largest absolute Gasteiger partial charge is 0.325 e. The smallest absolute Gasteiger partial charge is 0.241 e. The van der Waals surface area contributed by atoms with E-state index in [1.54, 1.807) is 12.5 Å². The summed E-state index contributed by atoms with van der Waals surface area (Å²) < 4.78 is 1.88. The predicted octanol–water partition coefficient (Wildman–Crippen LogP) is 1.94. The van der Waals surface area contributed by atoms with Crippen molar-refractivity contribution in [1.82, 2.24) is 9.55 Å². The number of anilines is 1. The Bertz CT molecular complexity index is 536. The first kappa shape index (κ1) is 13.3. The second-order valence-corrected chi connectivity index (χ2v) is 4.40. The molecule has 0 aliphatic heterocycles. The fourth-order valence-electron chi connectivity index (χ4n) is 1.83. The Morgan fingerprint density at radius 3 is 3.05 bits per heavy atom. The van der Waals surface area contributed by atoms with Crippen LogP contribution in [0, 0.1) is 0 Å². The highest BCUT2D eigenvalue weighted by Gasteiger charge is 2.12. The van der Waals surface area contributed by atoms with Gasteiger partial charge in [-0.2, -0.15) is 0 Å². The van der Waals surface area contributed by atoms with E-state index in [4.69, 9.17) is 5.73 Å². The third-order valence-corrected chi connectivity index (χ3v) is 2.85. The lowest BCUT2D eigenvalue weighted by molar-refractivity contribution is -0.117. The molecule has 0 spiro atoms. The van der Waals surface area contributed by atoms with Crippen LogP contribution in [-0.4, -0.2) is 21.5 Å². The molecule has 100 valence electrons. The van der Waals surface area contributed by atoms with Crippen LogP contribution in [0.1, 0.15) is 19.8 Å². The van der Waals surface area contributed by atoms with Crippen LogP contribution in [0.15, 0.2) is 43.0 Å². The zero-order valence-corrected chi connectivity index (χ0v) is 10.9. The van der Waals surface area contributed by atoms with Crippen molar-refractivity contribution < 1.29 is 4.79 Å². The van der Waals surface area contributed by atoms with Gasteiger partial charge < -0.3 is 15.6 Å². The molecule has 1 atom stereocenters. The second kappa shape index (κ2) is 6.15. The number of benzene rings is 1. The first-order valence-corrected chi connectivity index (χ1v) is 6.35. The molecular weight excluding hydrogens is 240 g/mol. The molecule has 0 saturated carbocycles. The highest BCUT2D eigenvalue weighted by molar-refractivity contribution is 5.94. The van der Waals surface area contributed by atoms with Crippen molar-refractivity contribution in [3.05, 3.63) is 43.0 Å². The van der Waals surface area contributed by atoms with Crippen molar-refractivity contribution in [2.45, 2.75) is 25.8 Å². The Kier molecular flexibility index (Phi) is 4.30. The molecule has 0 aliphatic carbocycles. The minimum Gasteiger partial charge on any atom is -0.325 e. The molecule has 3 N–H and O–H groups in total. The van der Waals surface area contributed by atoms with Gasteiger partial charge in [-0.15, -0.1) is 0 Å². The number of nitrogens with one attached hydrogen (secondary N) is 1. The summed E-state index contributed by atoms with van der Waals surface area (Å²) in [6, 6.07) is 7.11. The Balaban J connectivity index is 2.09. The monoisotopic (exact) mass is 258 g/mol. The molecule has 0 radical (unpaired) electrons. The van der Waals surface area contributed by atoms with Gasteiger partial charge in [0.05, 0.1) is 12.4 Å². The lowest BCUT2D eigenvalue weighted by atomic mass is 10.1. The number of carbonyl (C=O) groups is 1. The second-order valence-electron chi connectivity index (χ2n) is 4.40. The van der Waals surface area contributed by atoms with Crippen LogP contribution in [0.2, 0.25) is 0 Å². The molecule has 1 heterocycles. The topological polar surface area (TPSA) is 72.9 Å². The van der Waals surface area contributed by atoms with Crippen molar-refractivity contribution in [3.8, 4) is 5.69 Å². The van der Waals surface area contributed by atoms with E-state index >= 15 is 0 Å². The van der Waals surface area contributed by atoms with Crippen molar-refractivity contribution >= 4 is 11.6 Å². The Hall–Kier alpha value is -2.14. The summed E-state index contributed by atoms with van der Waals surface area (Å²) in [6.45, 7) is 2.01. The molecule has 0 aliphatic rings. The van der Waals surface area contributed by atoms with E-state index in [0.29, 0.717) is 6.42 Å². The van der Waals surface area contributed by atoms with Crippen LogP contribution in [0.25, 0.3) is 5.69 Å². The summed E-state index contributed by atoms with van der Waals surface area (Å²) in [5, 5.41) is 2.83. The van der Waals surface area contributed by atoms with Crippen LogP contribution in [0.3, 0.4) is 0 Å². The molecule has 0 fully saturated rings. The SMILES string of the molecule is CCC[C@H](N)C(=O)Nc1cccc(-n2ccnc2)c1. The summed E-state index contributed by atoms with van der Waals surface area (Å²) in [5.41, 5.74) is 7.46. The van der Waals surface area contributed by atoms with Gasteiger partial charge in [0.2, 0.25) is 5.91 Å². The molecule has 2 aromatic rings. The lowest BCUT2D eigenvalue weighted by Crippen LogP contribution is -2.35. The molecule has 0 unspecified atom stereocenters. The highest BCUT2D eigenvalue weighted by Crippen LogP contribution is 2.14. The number of hydrogen-bond acceptors (Lipinski definition) is 3. The first-order valence-electron chi connectivity index (χ1n) is 6.35. The number of nitrogens with two attached hydrogens (primary N) is 1. The maximum absolute atomic E-state index is 11.8. The molecule has 0 saturated heterocycles. The molecule has 2 rings (SSSR count). The fourth-order valence-corrected chi connectivity index (χ4v) is 1.83. The van der Waals surface area contributed by atoms with E-state index in [-0.39, 0.29) is 5.91 Å². The van der Waals surface area contributed by atoms with Gasteiger partial charge in [-0.3, -0.25) is 4.79 Å². The highest BCUT2D eigenvalue weighted by atomic mass is 16.2. The number of rotatable bonds is 5. The van der Waals surface area contributed by atoms with Gasteiger partial charge in [0, 0.05) is 23.8 Å². The first-order chi connectivity index (χ1) is 9.20. The quantitative estimate of drug-likeness (QED) is 0.860. The van der Waals surface area contributed by atoms with Gasteiger partial charge in [-0.25, -0.2) is 4.98 Å². The van der Waals surface area contributed by atoms with Crippen LogP contribution < -0.4 is 11.1 Å². The van der Waals surface area contributed by atoms with Gasteiger partial charge >= 0.3 is 0 Å². The average molecular weight is 258 g/mol. The molecule has 0 bridgehead atoms. The zero-order chi connectivity index (χ0) is 13.7. The molecule has 5 heteroatoms. The molecule has 1 aromatic heterocycles. The van der Waals surface area contributed by atoms with Crippen molar-refractivity contribution in [2.24, 2.45) is 5.73 Å². The van der Waals surface area contributed by atoms with Crippen molar-refractivity contribution in [2.75, 3.05) is 5.32 Å². The summed E-state index contributed by atoms with van der Waals surface area (Å²) in [6.07, 6.45) is 6.85. The number of hydrogen-bond donors (Lipinski definition) is 2. The maximum Gasteiger partial charge on any atom is 0.241 e. The predicted molar refractivity (Wildman–Crippen MR) is 75.1 cm³/mol. The Morgan fingerprint density at radius 2 is 2.37 bits per heavy atom. The van der Waals surface area contributed by atoms with E-state index in [1.807, 2.05) is 42.0 Å². The fraction of sp³-hybridized carbons (Fsp3) is 0.286. The number of carbonyl (C=O) groups excluding carboxylic acids is 1. The van der Waals surface area contributed by atoms with Gasteiger partial charge in [0.25, 0.3) is 0 Å². The van der Waals surface area contributed by atoms with E-state index in [9.17, 15) is 4.79 Å². The molecule has 19 heavy (non-hydrogen) atoms. The van der Waals surface area contributed by atoms with Crippen LogP contribution in [-0.2, 0) is 4.79 Å². The van der Waals surface area contributed by atoms with E-state index in [1.165, 1.54) is 0 Å². The number of aromatic nitrogens is 2.